The Morgan fingerprint density at radius 1 is 1.69 bits per heavy atom. The van der Waals surface area contributed by atoms with E-state index in [9.17, 15) is 4.79 Å². The Kier molecular flexibility index (Phi) is 2.68. The molecule has 0 bridgehead atoms. The van der Waals surface area contributed by atoms with Gasteiger partial charge in [-0.1, -0.05) is 0 Å². The van der Waals surface area contributed by atoms with Crippen molar-refractivity contribution in [3.63, 3.8) is 0 Å². The Bertz CT molecular complexity index is 420. The molecule has 0 aromatic carbocycles. The Morgan fingerprint density at radius 3 is 3.00 bits per heavy atom. The summed E-state index contributed by atoms with van der Waals surface area (Å²) in [5.41, 5.74) is 6.24. The van der Waals surface area contributed by atoms with Crippen molar-refractivity contribution in [3.8, 4) is 0 Å². The number of hydrogen-bond donors (Lipinski definition) is 2. The fourth-order valence-corrected chi connectivity index (χ4v) is 2.13. The third kappa shape index (κ3) is 1.68. The van der Waals surface area contributed by atoms with Gasteiger partial charge in [-0.2, -0.15) is 0 Å². The first-order valence-corrected chi connectivity index (χ1v) is 5.35. The van der Waals surface area contributed by atoms with Crippen LogP contribution in [0.5, 0.6) is 0 Å². The highest BCUT2D eigenvalue weighted by Crippen LogP contribution is 2.30. The maximum Gasteiger partial charge on any atom is 0.337 e. The van der Waals surface area contributed by atoms with Crippen molar-refractivity contribution in [2.45, 2.75) is 25.8 Å². The first-order chi connectivity index (χ1) is 7.61. The van der Waals surface area contributed by atoms with Crippen LogP contribution in [0.4, 0.5) is 11.5 Å². The zero-order valence-electron chi connectivity index (χ0n) is 9.18. The summed E-state index contributed by atoms with van der Waals surface area (Å²) in [5, 5.41) is 8.97. The van der Waals surface area contributed by atoms with Gasteiger partial charge in [-0.25, -0.2) is 9.78 Å². The summed E-state index contributed by atoms with van der Waals surface area (Å²) in [7, 11) is 0. The Balaban J connectivity index is 2.41. The molecule has 1 saturated heterocycles. The van der Waals surface area contributed by atoms with Crippen molar-refractivity contribution in [2.24, 2.45) is 0 Å². The van der Waals surface area contributed by atoms with Crippen molar-refractivity contribution in [1.29, 1.82) is 0 Å². The number of nitrogens with two attached hydrogens (primary N) is 1. The second kappa shape index (κ2) is 4.00. The first-order valence-electron chi connectivity index (χ1n) is 5.35. The maximum absolute atomic E-state index is 10.9. The zero-order valence-corrected chi connectivity index (χ0v) is 9.18. The van der Waals surface area contributed by atoms with Gasteiger partial charge in [-0.05, 0) is 25.8 Å². The lowest BCUT2D eigenvalue weighted by atomic mass is 10.2. The number of aromatic carboxylic acids is 1. The SMILES string of the molecule is CC1CCCN1c1nccc(C(=O)O)c1N. The normalized spacial score (nSPS) is 20.1. The molecule has 0 radical (unpaired) electrons. The zero-order chi connectivity index (χ0) is 11.7. The molecule has 16 heavy (non-hydrogen) atoms. The molecule has 1 unspecified atom stereocenters. The smallest absolute Gasteiger partial charge is 0.337 e. The van der Waals surface area contributed by atoms with Gasteiger partial charge in [0.25, 0.3) is 0 Å². The van der Waals surface area contributed by atoms with E-state index in [0.29, 0.717) is 11.9 Å². The summed E-state index contributed by atoms with van der Waals surface area (Å²) in [4.78, 5) is 17.2. The summed E-state index contributed by atoms with van der Waals surface area (Å²) in [5.74, 6) is -0.405. The second-order valence-electron chi connectivity index (χ2n) is 4.09. The highest BCUT2D eigenvalue weighted by atomic mass is 16.4. The van der Waals surface area contributed by atoms with Gasteiger partial charge in [-0.15, -0.1) is 0 Å². The average molecular weight is 221 g/mol. The number of carbonyl (C=O) groups is 1. The van der Waals surface area contributed by atoms with Crippen LogP contribution in [0.1, 0.15) is 30.1 Å². The summed E-state index contributed by atoms with van der Waals surface area (Å²) in [6.45, 7) is 2.99. The Labute approximate surface area is 93.9 Å². The molecule has 2 heterocycles. The molecule has 1 aromatic rings. The van der Waals surface area contributed by atoms with E-state index < -0.39 is 5.97 Å². The fraction of sp³-hybridized carbons (Fsp3) is 0.455. The quantitative estimate of drug-likeness (QED) is 0.788. The third-order valence-electron chi connectivity index (χ3n) is 3.02. The molecule has 5 heteroatoms. The van der Waals surface area contributed by atoms with E-state index in [1.54, 1.807) is 0 Å². The van der Waals surface area contributed by atoms with Gasteiger partial charge in [0.15, 0.2) is 5.82 Å². The van der Waals surface area contributed by atoms with Gasteiger partial charge < -0.3 is 15.7 Å². The molecule has 0 saturated carbocycles. The lowest BCUT2D eigenvalue weighted by Crippen LogP contribution is -2.28. The van der Waals surface area contributed by atoms with Gasteiger partial charge in [-0.3, -0.25) is 0 Å². The molecule has 1 aromatic heterocycles. The number of carboxylic acids is 1. The minimum Gasteiger partial charge on any atom is -0.478 e. The molecule has 86 valence electrons. The van der Waals surface area contributed by atoms with Crippen molar-refractivity contribution in [2.75, 3.05) is 17.2 Å². The molecular weight excluding hydrogens is 206 g/mol. The molecule has 0 spiro atoms. The van der Waals surface area contributed by atoms with Crippen LogP contribution in [0.2, 0.25) is 0 Å². The standard InChI is InChI=1S/C11H15N3O2/c1-7-3-2-6-14(7)10-9(12)8(11(15)16)4-5-13-10/h4-5,7H,2-3,6,12H2,1H3,(H,15,16). The van der Waals surface area contributed by atoms with E-state index in [2.05, 4.69) is 16.8 Å². The van der Waals surface area contributed by atoms with Gasteiger partial charge in [0.1, 0.15) is 0 Å². The Morgan fingerprint density at radius 2 is 2.44 bits per heavy atom. The summed E-state index contributed by atoms with van der Waals surface area (Å²) >= 11 is 0. The van der Waals surface area contributed by atoms with Crippen LogP contribution in [-0.4, -0.2) is 28.6 Å². The molecule has 0 aliphatic carbocycles. The first kappa shape index (κ1) is 10.7. The molecule has 1 fully saturated rings. The number of carboxylic acid groups (broad SMARTS) is 1. The van der Waals surface area contributed by atoms with E-state index >= 15 is 0 Å². The van der Waals surface area contributed by atoms with E-state index in [-0.39, 0.29) is 11.3 Å². The topological polar surface area (TPSA) is 79.5 Å². The monoisotopic (exact) mass is 221 g/mol. The molecule has 1 atom stereocenters. The van der Waals surface area contributed by atoms with E-state index in [1.165, 1.54) is 12.3 Å². The van der Waals surface area contributed by atoms with Gasteiger partial charge >= 0.3 is 5.97 Å². The summed E-state index contributed by atoms with van der Waals surface area (Å²) in [6, 6.07) is 1.81. The highest BCUT2D eigenvalue weighted by Gasteiger charge is 2.25. The average Bonchev–Trinajstić information content (AvgIpc) is 2.64. The van der Waals surface area contributed by atoms with Crippen molar-refractivity contribution in [1.82, 2.24) is 4.98 Å². The van der Waals surface area contributed by atoms with E-state index in [0.717, 1.165) is 19.4 Å². The van der Waals surface area contributed by atoms with Crippen LogP contribution < -0.4 is 10.6 Å². The van der Waals surface area contributed by atoms with E-state index in [4.69, 9.17) is 10.8 Å². The fourth-order valence-electron chi connectivity index (χ4n) is 2.13. The molecule has 2 rings (SSSR count). The summed E-state index contributed by atoms with van der Waals surface area (Å²) < 4.78 is 0. The second-order valence-corrected chi connectivity index (χ2v) is 4.09. The number of nitrogens with zero attached hydrogens (tertiary/aromatic N) is 2. The molecule has 1 aliphatic heterocycles. The molecule has 0 amide bonds. The number of anilines is 2. The summed E-state index contributed by atoms with van der Waals surface area (Å²) in [6.07, 6.45) is 3.69. The van der Waals surface area contributed by atoms with Gasteiger partial charge in [0.05, 0.1) is 11.3 Å². The van der Waals surface area contributed by atoms with Crippen molar-refractivity contribution < 1.29 is 9.90 Å². The van der Waals surface area contributed by atoms with Crippen LogP contribution in [0, 0.1) is 0 Å². The number of aromatic nitrogens is 1. The molecule has 3 N–H and O–H groups in total. The molecule has 5 nitrogen and oxygen atoms in total. The number of hydrogen-bond acceptors (Lipinski definition) is 4. The van der Waals surface area contributed by atoms with Crippen LogP contribution in [0.3, 0.4) is 0 Å². The lowest BCUT2D eigenvalue weighted by molar-refractivity contribution is 0.0698. The number of nitrogen functional groups attached to an aromatic ring is 1. The minimum absolute atomic E-state index is 0.129. The van der Waals surface area contributed by atoms with Gasteiger partial charge in [0, 0.05) is 18.8 Å². The number of rotatable bonds is 2. The van der Waals surface area contributed by atoms with Gasteiger partial charge in [0.2, 0.25) is 0 Å². The largest absolute Gasteiger partial charge is 0.478 e. The third-order valence-corrected chi connectivity index (χ3v) is 3.02. The van der Waals surface area contributed by atoms with Crippen LogP contribution in [0.15, 0.2) is 12.3 Å². The predicted molar refractivity (Wildman–Crippen MR) is 61.7 cm³/mol. The predicted octanol–water partition coefficient (Wildman–Crippen LogP) is 1.35. The number of pyridine rings is 1. The minimum atomic E-state index is -1.01. The lowest BCUT2D eigenvalue weighted by Gasteiger charge is -2.24. The maximum atomic E-state index is 10.9. The Hall–Kier alpha value is -1.78. The van der Waals surface area contributed by atoms with Crippen LogP contribution in [-0.2, 0) is 0 Å². The highest BCUT2D eigenvalue weighted by molar-refractivity contribution is 5.96. The van der Waals surface area contributed by atoms with E-state index in [1.807, 2.05) is 0 Å². The van der Waals surface area contributed by atoms with Crippen LogP contribution >= 0.6 is 0 Å². The van der Waals surface area contributed by atoms with Crippen LogP contribution in [0.25, 0.3) is 0 Å². The molecule has 1 aliphatic rings. The van der Waals surface area contributed by atoms with Crippen molar-refractivity contribution in [3.05, 3.63) is 17.8 Å². The van der Waals surface area contributed by atoms with Crippen molar-refractivity contribution >= 4 is 17.5 Å². The molecular formula is C11H15N3O2.